The molecule has 0 fully saturated rings. The van der Waals surface area contributed by atoms with E-state index in [1.807, 2.05) is 0 Å². The lowest BCUT2D eigenvalue weighted by Gasteiger charge is -2.07. The van der Waals surface area contributed by atoms with Gasteiger partial charge in [-0.2, -0.15) is 0 Å². The van der Waals surface area contributed by atoms with Crippen molar-refractivity contribution in [3.63, 3.8) is 0 Å². The van der Waals surface area contributed by atoms with Crippen LogP contribution < -0.4 is 4.72 Å². The van der Waals surface area contributed by atoms with Crippen LogP contribution in [-0.4, -0.2) is 41.9 Å². The highest BCUT2D eigenvalue weighted by Crippen LogP contribution is 2.15. The van der Waals surface area contributed by atoms with Gasteiger partial charge in [0.2, 0.25) is 10.0 Å². The normalized spacial score (nSPS) is 11.7. The minimum atomic E-state index is -3.47. The first-order chi connectivity index (χ1) is 8.56. The van der Waals surface area contributed by atoms with Gasteiger partial charge in [0, 0.05) is 18.1 Å². The van der Waals surface area contributed by atoms with Crippen LogP contribution in [0.3, 0.4) is 0 Å². The van der Waals surface area contributed by atoms with E-state index < -0.39 is 10.0 Å². The van der Waals surface area contributed by atoms with E-state index in [0.717, 1.165) is 4.47 Å². The van der Waals surface area contributed by atoms with Crippen LogP contribution in [0.1, 0.15) is 0 Å². The van der Waals surface area contributed by atoms with Crippen molar-refractivity contribution in [1.29, 1.82) is 0 Å². The van der Waals surface area contributed by atoms with E-state index in [4.69, 9.17) is 9.47 Å². The first kappa shape index (κ1) is 15.6. The van der Waals surface area contributed by atoms with Crippen LogP contribution in [0, 0.1) is 0 Å². The highest BCUT2D eigenvalue weighted by Gasteiger charge is 2.12. The van der Waals surface area contributed by atoms with Gasteiger partial charge in [0.1, 0.15) is 0 Å². The van der Waals surface area contributed by atoms with E-state index in [2.05, 4.69) is 20.7 Å². The molecule has 0 atom stereocenters. The number of ether oxygens (including phenoxy) is 2. The van der Waals surface area contributed by atoms with Gasteiger partial charge in [-0.1, -0.05) is 22.0 Å². The Labute approximate surface area is 116 Å². The first-order valence-corrected chi connectivity index (χ1v) is 7.66. The maximum Gasteiger partial charge on any atom is 0.240 e. The number of methoxy groups -OCH3 is 1. The quantitative estimate of drug-likeness (QED) is 0.728. The third-order valence-corrected chi connectivity index (χ3v) is 4.03. The van der Waals surface area contributed by atoms with E-state index in [-0.39, 0.29) is 11.4 Å². The molecular weight excluding hydrogens is 322 g/mol. The average Bonchev–Trinajstić information content (AvgIpc) is 2.33. The molecule has 0 saturated heterocycles. The largest absolute Gasteiger partial charge is 0.382 e. The maximum atomic E-state index is 11.9. The molecule has 0 unspecified atom stereocenters. The summed E-state index contributed by atoms with van der Waals surface area (Å²) in [5, 5.41) is 0. The molecule has 0 aliphatic heterocycles. The fraction of sp³-hybridized carbons (Fsp3) is 0.455. The van der Waals surface area contributed by atoms with Crippen molar-refractivity contribution >= 4 is 26.0 Å². The molecule has 0 bridgehead atoms. The van der Waals surface area contributed by atoms with Gasteiger partial charge in [-0.05, 0) is 18.2 Å². The van der Waals surface area contributed by atoms with Crippen LogP contribution in [0.5, 0.6) is 0 Å². The summed E-state index contributed by atoms with van der Waals surface area (Å²) in [5.74, 6) is 0. The Morgan fingerprint density at radius 1 is 1.28 bits per heavy atom. The first-order valence-electron chi connectivity index (χ1n) is 5.38. The van der Waals surface area contributed by atoms with Crippen LogP contribution in [-0.2, 0) is 19.5 Å². The van der Waals surface area contributed by atoms with Crippen LogP contribution in [0.15, 0.2) is 33.6 Å². The standard InChI is InChI=1S/C11H16BrNO4S/c1-16-7-8-17-6-5-13-18(14,15)11-4-2-3-10(12)9-11/h2-4,9,13H,5-8H2,1H3. The van der Waals surface area contributed by atoms with E-state index in [0.29, 0.717) is 19.8 Å². The number of benzene rings is 1. The number of halogens is 1. The summed E-state index contributed by atoms with van der Waals surface area (Å²) in [5.41, 5.74) is 0. The Bertz CT molecular complexity index is 464. The van der Waals surface area contributed by atoms with Gasteiger partial charge in [-0.15, -0.1) is 0 Å². The summed E-state index contributed by atoms with van der Waals surface area (Å²) in [6.45, 7) is 1.50. The molecule has 7 heteroatoms. The zero-order valence-corrected chi connectivity index (χ0v) is 12.5. The number of hydrogen-bond acceptors (Lipinski definition) is 4. The van der Waals surface area contributed by atoms with Crippen molar-refractivity contribution in [3.8, 4) is 0 Å². The Balaban J connectivity index is 2.41. The lowest BCUT2D eigenvalue weighted by Crippen LogP contribution is -2.27. The van der Waals surface area contributed by atoms with Crippen molar-refractivity contribution in [1.82, 2.24) is 4.72 Å². The van der Waals surface area contributed by atoms with Gasteiger partial charge in [0.25, 0.3) is 0 Å². The van der Waals surface area contributed by atoms with Crippen molar-refractivity contribution in [2.75, 3.05) is 33.5 Å². The zero-order chi connectivity index (χ0) is 13.4. The highest BCUT2D eigenvalue weighted by atomic mass is 79.9. The molecule has 18 heavy (non-hydrogen) atoms. The maximum absolute atomic E-state index is 11.9. The lowest BCUT2D eigenvalue weighted by molar-refractivity contribution is 0.0736. The fourth-order valence-corrected chi connectivity index (χ4v) is 2.82. The van der Waals surface area contributed by atoms with Gasteiger partial charge in [-0.3, -0.25) is 0 Å². The molecule has 5 nitrogen and oxygen atoms in total. The van der Waals surface area contributed by atoms with Crippen molar-refractivity contribution in [3.05, 3.63) is 28.7 Å². The topological polar surface area (TPSA) is 64.6 Å². The third-order valence-electron chi connectivity index (χ3n) is 2.08. The van der Waals surface area contributed by atoms with Crippen molar-refractivity contribution in [2.45, 2.75) is 4.90 Å². The molecule has 0 spiro atoms. The Kier molecular flexibility index (Phi) is 6.80. The van der Waals surface area contributed by atoms with Gasteiger partial charge < -0.3 is 9.47 Å². The average molecular weight is 338 g/mol. The molecule has 1 aromatic rings. The van der Waals surface area contributed by atoms with Crippen molar-refractivity contribution < 1.29 is 17.9 Å². The van der Waals surface area contributed by atoms with Gasteiger partial charge in [-0.25, -0.2) is 13.1 Å². The second-order valence-electron chi connectivity index (χ2n) is 3.46. The minimum Gasteiger partial charge on any atom is -0.382 e. The van der Waals surface area contributed by atoms with Crippen LogP contribution >= 0.6 is 15.9 Å². The summed E-state index contributed by atoms with van der Waals surface area (Å²) >= 11 is 3.23. The predicted molar refractivity (Wildman–Crippen MR) is 72.0 cm³/mol. The molecule has 0 aliphatic rings. The molecule has 1 rings (SSSR count). The van der Waals surface area contributed by atoms with Gasteiger partial charge >= 0.3 is 0 Å². The van der Waals surface area contributed by atoms with E-state index >= 15 is 0 Å². The number of sulfonamides is 1. The van der Waals surface area contributed by atoms with E-state index in [1.165, 1.54) is 0 Å². The van der Waals surface area contributed by atoms with Gasteiger partial charge in [0.05, 0.1) is 24.7 Å². The zero-order valence-electron chi connectivity index (χ0n) is 10.1. The van der Waals surface area contributed by atoms with Crippen molar-refractivity contribution in [2.24, 2.45) is 0 Å². The summed E-state index contributed by atoms with van der Waals surface area (Å²) in [4.78, 5) is 0.230. The molecule has 1 N–H and O–H groups in total. The highest BCUT2D eigenvalue weighted by molar-refractivity contribution is 9.10. The monoisotopic (exact) mass is 337 g/mol. The number of rotatable bonds is 8. The van der Waals surface area contributed by atoms with Crippen LogP contribution in [0.25, 0.3) is 0 Å². The summed E-state index contributed by atoms with van der Waals surface area (Å²) < 4.78 is 36.9. The molecule has 102 valence electrons. The second kappa shape index (κ2) is 7.85. The van der Waals surface area contributed by atoms with Crippen LogP contribution in [0.4, 0.5) is 0 Å². The Morgan fingerprint density at radius 2 is 2.06 bits per heavy atom. The second-order valence-corrected chi connectivity index (χ2v) is 6.14. The third kappa shape index (κ3) is 5.45. The SMILES string of the molecule is COCCOCCNS(=O)(=O)c1cccc(Br)c1. The van der Waals surface area contributed by atoms with E-state index in [9.17, 15) is 8.42 Å². The molecule has 0 heterocycles. The molecule has 1 aromatic carbocycles. The van der Waals surface area contributed by atoms with Crippen LogP contribution in [0.2, 0.25) is 0 Å². The Hall–Kier alpha value is -0.470. The predicted octanol–water partition coefficient (Wildman–Crippen LogP) is 1.39. The number of nitrogens with one attached hydrogen (secondary N) is 1. The van der Waals surface area contributed by atoms with Gasteiger partial charge in [0.15, 0.2) is 0 Å². The fourth-order valence-electron chi connectivity index (χ4n) is 1.21. The molecule has 0 amide bonds. The molecular formula is C11H16BrNO4S. The lowest BCUT2D eigenvalue weighted by atomic mass is 10.4. The molecule has 0 saturated carbocycles. The number of hydrogen-bond donors (Lipinski definition) is 1. The minimum absolute atomic E-state index is 0.230. The molecule has 0 aliphatic carbocycles. The summed E-state index contributed by atoms with van der Waals surface area (Å²) in [6.07, 6.45) is 0. The summed E-state index contributed by atoms with van der Waals surface area (Å²) in [6, 6.07) is 6.54. The molecule has 0 aromatic heterocycles. The smallest absolute Gasteiger partial charge is 0.240 e. The summed E-state index contributed by atoms with van der Waals surface area (Å²) in [7, 11) is -1.88. The Morgan fingerprint density at radius 3 is 2.72 bits per heavy atom. The van der Waals surface area contributed by atoms with E-state index in [1.54, 1.807) is 31.4 Å². The molecule has 0 radical (unpaired) electrons.